The molecule has 1 aliphatic carbocycles. The molecule has 0 saturated heterocycles. The van der Waals surface area contributed by atoms with Crippen molar-refractivity contribution in [2.75, 3.05) is 0 Å². The first kappa shape index (κ1) is 21.6. The molecule has 0 aliphatic heterocycles. The molecule has 0 atom stereocenters. The molecule has 2 aromatic carbocycles. The van der Waals surface area contributed by atoms with Crippen molar-refractivity contribution in [3.05, 3.63) is 87.7 Å². The third-order valence-electron chi connectivity index (χ3n) is 6.01. The number of hydrazone groups is 1. The molecule has 0 unspecified atom stereocenters. The number of hydrogen-bond acceptors (Lipinski definition) is 4. The Morgan fingerprint density at radius 3 is 2.34 bits per heavy atom. The SMILES string of the molecule is Cc1ccc(-c2cc(-c3ccc(C4=CCCCCC4)cc3)[nH]c(=O)c2/C(=N/N)NN)cc1. The lowest BCUT2D eigenvalue weighted by Crippen LogP contribution is -2.36. The first-order valence-electron chi connectivity index (χ1n) is 11.0. The van der Waals surface area contributed by atoms with E-state index in [0.717, 1.165) is 35.2 Å². The number of aromatic amines is 1. The normalized spacial score (nSPS) is 14.6. The van der Waals surface area contributed by atoms with Gasteiger partial charge in [-0.2, -0.15) is 5.10 Å². The maximum Gasteiger partial charge on any atom is 0.260 e. The average Bonchev–Trinajstić information content (AvgIpc) is 3.11. The van der Waals surface area contributed by atoms with Crippen LogP contribution < -0.4 is 22.7 Å². The van der Waals surface area contributed by atoms with Gasteiger partial charge in [0.05, 0.1) is 5.56 Å². The van der Waals surface area contributed by atoms with Gasteiger partial charge < -0.3 is 16.3 Å². The first-order valence-corrected chi connectivity index (χ1v) is 11.0. The third kappa shape index (κ3) is 4.50. The number of H-pyrrole nitrogens is 1. The summed E-state index contributed by atoms with van der Waals surface area (Å²) in [4.78, 5) is 16.1. The van der Waals surface area contributed by atoms with E-state index in [-0.39, 0.29) is 11.4 Å². The molecule has 1 aromatic heterocycles. The number of hydrazine groups is 1. The van der Waals surface area contributed by atoms with Crippen LogP contribution in [0.4, 0.5) is 0 Å². The summed E-state index contributed by atoms with van der Waals surface area (Å²) in [6, 6.07) is 18.3. The quantitative estimate of drug-likeness (QED) is 0.213. The number of amidine groups is 1. The third-order valence-corrected chi connectivity index (χ3v) is 6.01. The Bertz CT molecular complexity index is 1200. The first-order chi connectivity index (χ1) is 15.6. The summed E-state index contributed by atoms with van der Waals surface area (Å²) in [5, 5.41) is 3.67. The number of allylic oxidation sites excluding steroid dienone is 2. The van der Waals surface area contributed by atoms with Gasteiger partial charge in [-0.05, 0) is 60.9 Å². The Kier molecular flexibility index (Phi) is 6.52. The lowest BCUT2D eigenvalue weighted by atomic mass is 9.96. The van der Waals surface area contributed by atoms with Crippen molar-refractivity contribution in [2.45, 2.75) is 39.0 Å². The fourth-order valence-electron chi connectivity index (χ4n) is 4.23. The van der Waals surface area contributed by atoms with E-state index in [1.165, 1.54) is 30.4 Å². The number of nitrogens with zero attached hydrogens (tertiary/aromatic N) is 1. The predicted molar refractivity (Wildman–Crippen MR) is 132 cm³/mol. The molecular weight excluding hydrogens is 398 g/mol. The molecule has 6 nitrogen and oxygen atoms in total. The van der Waals surface area contributed by atoms with E-state index in [1.54, 1.807) is 0 Å². The summed E-state index contributed by atoms with van der Waals surface area (Å²) in [6.45, 7) is 2.02. The molecule has 32 heavy (non-hydrogen) atoms. The van der Waals surface area contributed by atoms with Gasteiger partial charge >= 0.3 is 0 Å². The summed E-state index contributed by atoms with van der Waals surface area (Å²) in [7, 11) is 0. The summed E-state index contributed by atoms with van der Waals surface area (Å²) in [6.07, 6.45) is 8.42. The van der Waals surface area contributed by atoms with E-state index in [2.05, 4.69) is 45.9 Å². The van der Waals surface area contributed by atoms with E-state index in [4.69, 9.17) is 11.7 Å². The molecule has 0 saturated carbocycles. The fourth-order valence-corrected chi connectivity index (χ4v) is 4.23. The van der Waals surface area contributed by atoms with Crippen LogP contribution in [-0.4, -0.2) is 10.8 Å². The van der Waals surface area contributed by atoms with Crippen molar-refractivity contribution in [3.8, 4) is 22.4 Å². The Labute approximate surface area is 188 Å². The zero-order valence-electron chi connectivity index (χ0n) is 18.3. The topological polar surface area (TPSA) is 109 Å². The molecule has 0 radical (unpaired) electrons. The van der Waals surface area contributed by atoms with Crippen LogP contribution in [0.1, 0.15) is 48.8 Å². The molecule has 3 aromatic rings. The lowest BCUT2D eigenvalue weighted by Gasteiger charge is -2.14. The van der Waals surface area contributed by atoms with E-state index in [9.17, 15) is 4.79 Å². The van der Waals surface area contributed by atoms with Gasteiger partial charge in [0, 0.05) is 11.3 Å². The van der Waals surface area contributed by atoms with E-state index in [1.807, 2.05) is 37.3 Å². The van der Waals surface area contributed by atoms with E-state index in [0.29, 0.717) is 11.1 Å². The van der Waals surface area contributed by atoms with Crippen molar-refractivity contribution in [2.24, 2.45) is 16.8 Å². The van der Waals surface area contributed by atoms with Crippen LogP contribution >= 0.6 is 0 Å². The highest BCUT2D eigenvalue weighted by atomic mass is 16.1. The predicted octanol–water partition coefficient (Wildman–Crippen LogP) is 4.45. The number of aryl methyl sites for hydroxylation is 1. The van der Waals surface area contributed by atoms with Crippen molar-refractivity contribution >= 4 is 11.4 Å². The molecule has 0 amide bonds. The maximum absolute atomic E-state index is 13.1. The van der Waals surface area contributed by atoms with Gasteiger partial charge in [-0.15, -0.1) is 0 Å². The number of nitrogens with one attached hydrogen (secondary N) is 2. The van der Waals surface area contributed by atoms with Crippen LogP contribution in [0.3, 0.4) is 0 Å². The van der Waals surface area contributed by atoms with Crippen LogP contribution in [0.5, 0.6) is 0 Å². The van der Waals surface area contributed by atoms with E-state index >= 15 is 0 Å². The summed E-state index contributed by atoms with van der Waals surface area (Å²) < 4.78 is 0. The highest BCUT2D eigenvalue weighted by molar-refractivity contribution is 6.04. The molecule has 0 spiro atoms. The second kappa shape index (κ2) is 9.66. The van der Waals surface area contributed by atoms with Crippen molar-refractivity contribution in [1.29, 1.82) is 0 Å². The second-order valence-electron chi connectivity index (χ2n) is 8.19. The van der Waals surface area contributed by atoms with Gasteiger partial charge in [-0.1, -0.05) is 66.6 Å². The molecule has 0 bridgehead atoms. The molecule has 4 rings (SSSR count). The fraction of sp³-hybridized carbons (Fsp3) is 0.231. The van der Waals surface area contributed by atoms with Crippen LogP contribution in [0.25, 0.3) is 28.0 Å². The van der Waals surface area contributed by atoms with Gasteiger partial charge in [0.25, 0.3) is 5.56 Å². The number of pyridine rings is 1. The molecule has 6 N–H and O–H groups in total. The minimum atomic E-state index is -0.309. The summed E-state index contributed by atoms with van der Waals surface area (Å²) in [5.74, 6) is 11.2. The monoisotopic (exact) mass is 427 g/mol. The molecule has 1 aliphatic rings. The zero-order chi connectivity index (χ0) is 22.5. The van der Waals surface area contributed by atoms with Crippen molar-refractivity contribution in [1.82, 2.24) is 10.4 Å². The lowest BCUT2D eigenvalue weighted by molar-refractivity contribution is 0.720. The number of hydrogen-bond donors (Lipinski definition) is 4. The minimum Gasteiger partial charge on any atom is -0.321 e. The van der Waals surface area contributed by atoms with Crippen molar-refractivity contribution < 1.29 is 0 Å². The minimum absolute atomic E-state index is 0.129. The van der Waals surface area contributed by atoms with Gasteiger partial charge in [0.15, 0.2) is 5.84 Å². The van der Waals surface area contributed by atoms with E-state index < -0.39 is 0 Å². The van der Waals surface area contributed by atoms with Gasteiger partial charge in [0.2, 0.25) is 0 Å². The van der Waals surface area contributed by atoms with Crippen LogP contribution in [0, 0.1) is 6.92 Å². The standard InChI is InChI=1S/C26H29N5O/c1-17-8-10-20(11-9-17)22-16-23(29-26(32)24(22)25(30-27)31-28)21-14-12-19(13-15-21)18-6-4-2-3-5-7-18/h6,8-16H,2-5,7,27-28H2,1H3,(H,29,32)(H,30,31). The van der Waals surface area contributed by atoms with Crippen LogP contribution in [-0.2, 0) is 0 Å². The van der Waals surface area contributed by atoms with Crippen LogP contribution in [0.15, 0.2) is 70.6 Å². The molecule has 1 heterocycles. The summed E-state index contributed by atoms with van der Waals surface area (Å²) >= 11 is 0. The smallest absolute Gasteiger partial charge is 0.260 e. The maximum atomic E-state index is 13.1. The number of nitrogens with two attached hydrogens (primary N) is 2. The highest BCUT2D eigenvalue weighted by Gasteiger charge is 2.17. The molecule has 0 fully saturated rings. The van der Waals surface area contributed by atoms with Crippen LogP contribution in [0.2, 0.25) is 0 Å². The highest BCUT2D eigenvalue weighted by Crippen LogP contribution is 2.30. The Morgan fingerprint density at radius 1 is 0.969 bits per heavy atom. The Balaban J connectivity index is 1.79. The summed E-state index contributed by atoms with van der Waals surface area (Å²) in [5.41, 5.74) is 9.49. The largest absolute Gasteiger partial charge is 0.321 e. The van der Waals surface area contributed by atoms with Crippen molar-refractivity contribution in [3.63, 3.8) is 0 Å². The zero-order valence-corrected chi connectivity index (χ0v) is 18.3. The van der Waals surface area contributed by atoms with Gasteiger partial charge in [0.1, 0.15) is 0 Å². The second-order valence-corrected chi connectivity index (χ2v) is 8.19. The molecule has 164 valence electrons. The average molecular weight is 428 g/mol. The number of aromatic nitrogens is 1. The number of benzene rings is 2. The Hall–Kier alpha value is -3.64. The molecule has 6 heteroatoms. The van der Waals surface area contributed by atoms with Gasteiger partial charge in [-0.25, -0.2) is 5.84 Å². The number of rotatable bonds is 4. The Morgan fingerprint density at radius 2 is 1.66 bits per heavy atom. The molecular formula is C26H29N5O. The van der Waals surface area contributed by atoms with Gasteiger partial charge in [-0.3, -0.25) is 4.79 Å².